The molecule has 1 amide bonds. The summed E-state index contributed by atoms with van der Waals surface area (Å²) in [4.78, 5) is 12.0. The first-order valence-corrected chi connectivity index (χ1v) is 8.86. The van der Waals surface area contributed by atoms with Crippen LogP contribution in [0.5, 0.6) is 5.75 Å². The molecule has 0 fully saturated rings. The number of benzene rings is 3. The van der Waals surface area contributed by atoms with Gasteiger partial charge in [0.2, 0.25) is 0 Å². The Morgan fingerprint density at radius 1 is 1.00 bits per heavy atom. The molecule has 0 radical (unpaired) electrons. The van der Waals surface area contributed by atoms with Crippen molar-refractivity contribution in [3.8, 4) is 5.75 Å². The van der Waals surface area contributed by atoms with Crippen LogP contribution in [0.4, 0.5) is 0 Å². The zero-order chi connectivity index (χ0) is 18.2. The minimum Gasteiger partial charge on any atom is -0.489 e. The third kappa shape index (κ3) is 5.29. The first-order chi connectivity index (χ1) is 12.7. The first kappa shape index (κ1) is 17.9. The van der Waals surface area contributed by atoms with Crippen molar-refractivity contribution >= 4 is 28.1 Å². The van der Waals surface area contributed by atoms with Gasteiger partial charge in [-0.05, 0) is 47.5 Å². The van der Waals surface area contributed by atoms with E-state index in [4.69, 9.17) is 4.74 Å². The summed E-state index contributed by atoms with van der Waals surface area (Å²) in [5, 5.41) is 4.01. The third-order valence-electron chi connectivity index (χ3n) is 3.59. The molecular weight excluding hydrogens is 392 g/mol. The Morgan fingerprint density at radius 2 is 1.77 bits per heavy atom. The van der Waals surface area contributed by atoms with E-state index in [0.717, 1.165) is 21.3 Å². The van der Waals surface area contributed by atoms with Crippen LogP contribution in [0.2, 0.25) is 0 Å². The molecule has 3 aromatic carbocycles. The van der Waals surface area contributed by atoms with Gasteiger partial charge in [-0.1, -0.05) is 58.4 Å². The summed E-state index contributed by atoms with van der Waals surface area (Å²) < 4.78 is 6.71. The summed E-state index contributed by atoms with van der Waals surface area (Å²) in [6, 6.07) is 24.6. The van der Waals surface area contributed by atoms with Crippen molar-refractivity contribution in [2.45, 2.75) is 6.61 Å². The van der Waals surface area contributed by atoms with E-state index in [1.807, 2.05) is 66.7 Å². The minimum atomic E-state index is -0.259. The fourth-order valence-corrected chi connectivity index (χ4v) is 2.52. The van der Waals surface area contributed by atoms with Gasteiger partial charge in [0.1, 0.15) is 12.4 Å². The Balaban J connectivity index is 1.56. The quantitative estimate of drug-likeness (QED) is 0.470. The smallest absolute Gasteiger partial charge is 0.271 e. The van der Waals surface area contributed by atoms with Gasteiger partial charge in [0.05, 0.1) is 6.21 Å². The first-order valence-electron chi connectivity index (χ1n) is 8.06. The van der Waals surface area contributed by atoms with E-state index in [2.05, 4.69) is 26.5 Å². The molecule has 5 heteroatoms. The van der Waals surface area contributed by atoms with E-state index >= 15 is 0 Å². The van der Waals surface area contributed by atoms with Crippen LogP contribution >= 0.6 is 15.9 Å². The van der Waals surface area contributed by atoms with Gasteiger partial charge in [-0.25, -0.2) is 5.43 Å². The Hall–Kier alpha value is -2.92. The minimum absolute atomic E-state index is 0.259. The number of carbonyl (C=O) groups excluding carboxylic acids is 1. The summed E-state index contributed by atoms with van der Waals surface area (Å²) in [6.45, 7) is 0.502. The number of ether oxygens (including phenoxy) is 1. The average molecular weight is 409 g/mol. The Kier molecular flexibility index (Phi) is 6.17. The molecule has 0 aliphatic heterocycles. The van der Waals surface area contributed by atoms with Gasteiger partial charge in [0.25, 0.3) is 5.91 Å². The Labute approximate surface area is 160 Å². The van der Waals surface area contributed by atoms with Gasteiger partial charge in [0, 0.05) is 10.0 Å². The number of halogens is 1. The summed E-state index contributed by atoms with van der Waals surface area (Å²) in [5.41, 5.74) is 5.01. The molecule has 1 N–H and O–H groups in total. The van der Waals surface area contributed by atoms with Crippen LogP contribution in [0.1, 0.15) is 21.5 Å². The number of hydrogen-bond donors (Lipinski definition) is 1. The van der Waals surface area contributed by atoms with E-state index in [0.29, 0.717) is 12.2 Å². The molecule has 0 bridgehead atoms. The van der Waals surface area contributed by atoms with Crippen LogP contribution in [0, 0.1) is 0 Å². The van der Waals surface area contributed by atoms with Crippen molar-refractivity contribution in [2.24, 2.45) is 5.10 Å². The van der Waals surface area contributed by atoms with Crippen molar-refractivity contribution in [3.05, 3.63) is 100 Å². The van der Waals surface area contributed by atoms with Gasteiger partial charge in [-0.15, -0.1) is 0 Å². The molecule has 0 unspecified atom stereocenters. The number of rotatable bonds is 6. The normalized spacial score (nSPS) is 10.7. The SMILES string of the molecule is O=C(N/N=C\c1cccc(OCc2ccccc2)c1)c1ccc(Br)cc1. The lowest BCUT2D eigenvalue weighted by molar-refractivity contribution is 0.0955. The fraction of sp³-hybridized carbons (Fsp3) is 0.0476. The predicted molar refractivity (Wildman–Crippen MR) is 106 cm³/mol. The second kappa shape index (κ2) is 8.97. The molecule has 0 saturated carbocycles. The second-order valence-corrected chi connectivity index (χ2v) is 6.47. The zero-order valence-electron chi connectivity index (χ0n) is 13.9. The van der Waals surface area contributed by atoms with Gasteiger partial charge in [0.15, 0.2) is 0 Å². The lowest BCUT2D eigenvalue weighted by Gasteiger charge is -2.06. The van der Waals surface area contributed by atoms with Crippen LogP contribution in [-0.2, 0) is 6.61 Å². The maximum atomic E-state index is 12.0. The topological polar surface area (TPSA) is 50.7 Å². The van der Waals surface area contributed by atoms with Crippen LogP contribution in [-0.4, -0.2) is 12.1 Å². The molecule has 0 aromatic heterocycles. The lowest BCUT2D eigenvalue weighted by Crippen LogP contribution is -2.17. The molecule has 0 spiro atoms. The second-order valence-electron chi connectivity index (χ2n) is 5.55. The maximum absolute atomic E-state index is 12.0. The summed E-state index contributed by atoms with van der Waals surface area (Å²) in [5.74, 6) is 0.488. The van der Waals surface area contributed by atoms with Crippen LogP contribution in [0.25, 0.3) is 0 Å². The van der Waals surface area contributed by atoms with E-state index in [1.54, 1.807) is 18.3 Å². The van der Waals surface area contributed by atoms with Gasteiger partial charge in [-0.2, -0.15) is 5.10 Å². The highest BCUT2D eigenvalue weighted by Crippen LogP contribution is 2.14. The average Bonchev–Trinajstić information content (AvgIpc) is 2.68. The lowest BCUT2D eigenvalue weighted by atomic mass is 10.2. The van der Waals surface area contributed by atoms with Crippen molar-refractivity contribution < 1.29 is 9.53 Å². The molecule has 3 aromatic rings. The number of hydrazone groups is 1. The summed E-state index contributed by atoms with van der Waals surface area (Å²) in [6.07, 6.45) is 1.59. The van der Waals surface area contributed by atoms with Gasteiger partial charge in [-0.3, -0.25) is 4.79 Å². The Bertz CT molecular complexity index is 893. The third-order valence-corrected chi connectivity index (χ3v) is 4.12. The molecule has 4 nitrogen and oxygen atoms in total. The van der Waals surface area contributed by atoms with Crippen LogP contribution in [0.15, 0.2) is 88.4 Å². The van der Waals surface area contributed by atoms with Crippen molar-refractivity contribution in [3.63, 3.8) is 0 Å². The van der Waals surface area contributed by atoms with Gasteiger partial charge < -0.3 is 4.74 Å². The van der Waals surface area contributed by atoms with E-state index in [-0.39, 0.29) is 5.91 Å². The molecule has 0 aliphatic rings. The van der Waals surface area contributed by atoms with Crippen molar-refractivity contribution in [2.75, 3.05) is 0 Å². The molecule has 26 heavy (non-hydrogen) atoms. The maximum Gasteiger partial charge on any atom is 0.271 e. The fourth-order valence-electron chi connectivity index (χ4n) is 2.26. The highest BCUT2D eigenvalue weighted by atomic mass is 79.9. The summed E-state index contributed by atoms with van der Waals surface area (Å²) in [7, 11) is 0. The molecule has 130 valence electrons. The molecular formula is C21H17BrN2O2. The monoisotopic (exact) mass is 408 g/mol. The molecule has 0 atom stereocenters. The van der Waals surface area contributed by atoms with Crippen LogP contribution in [0.3, 0.4) is 0 Å². The zero-order valence-corrected chi connectivity index (χ0v) is 15.5. The molecule has 0 heterocycles. The number of amides is 1. The number of nitrogens with zero attached hydrogens (tertiary/aromatic N) is 1. The predicted octanol–water partition coefficient (Wildman–Crippen LogP) is 4.79. The summed E-state index contributed by atoms with van der Waals surface area (Å²) >= 11 is 3.34. The van der Waals surface area contributed by atoms with E-state index in [1.165, 1.54) is 0 Å². The van der Waals surface area contributed by atoms with E-state index < -0.39 is 0 Å². The van der Waals surface area contributed by atoms with E-state index in [9.17, 15) is 4.79 Å². The van der Waals surface area contributed by atoms with Crippen molar-refractivity contribution in [1.29, 1.82) is 0 Å². The molecule has 0 saturated heterocycles. The van der Waals surface area contributed by atoms with Gasteiger partial charge >= 0.3 is 0 Å². The molecule has 0 aliphatic carbocycles. The van der Waals surface area contributed by atoms with Crippen LogP contribution < -0.4 is 10.2 Å². The number of carbonyl (C=O) groups is 1. The standard InChI is InChI=1S/C21H17BrN2O2/c22-19-11-9-18(10-12-19)21(25)24-23-14-17-7-4-8-20(13-17)26-15-16-5-2-1-3-6-16/h1-14H,15H2,(H,24,25)/b23-14-. The van der Waals surface area contributed by atoms with Crippen molar-refractivity contribution in [1.82, 2.24) is 5.43 Å². The highest BCUT2D eigenvalue weighted by molar-refractivity contribution is 9.10. The largest absolute Gasteiger partial charge is 0.489 e. The number of nitrogens with one attached hydrogen (secondary N) is 1. The number of hydrogen-bond acceptors (Lipinski definition) is 3. The molecule has 3 rings (SSSR count). The Morgan fingerprint density at radius 3 is 2.54 bits per heavy atom. The highest BCUT2D eigenvalue weighted by Gasteiger charge is 2.03.